The van der Waals surface area contributed by atoms with Crippen molar-refractivity contribution >= 4 is 24.6 Å². The Morgan fingerprint density at radius 2 is 2.18 bits per heavy atom. The van der Waals surface area contributed by atoms with E-state index in [9.17, 15) is 9.67 Å². The molecule has 1 aliphatic rings. The van der Waals surface area contributed by atoms with Crippen molar-refractivity contribution in [3.8, 4) is 0 Å². The van der Waals surface area contributed by atoms with E-state index in [1.54, 1.807) is 10.9 Å². The molecule has 0 aliphatic heterocycles. The summed E-state index contributed by atoms with van der Waals surface area (Å²) in [5, 5.41) is 9.70. The van der Waals surface area contributed by atoms with E-state index in [1.807, 2.05) is 0 Å². The van der Waals surface area contributed by atoms with E-state index in [1.165, 1.54) is 6.33 Å². The molecule has 2 aromatic rings. The predicted octanol–water partition coefficient (Wildman–Crippen LogP) is -0.0251. The molecule has 0 saturated heterocycles. The zero-order valence-corrected chi connectivity index (χ0v) is 12.7. The van der Waals surface area contributed by atoms with Crippen LogP contribution in [0.2, 0.25) is 0 Å². The third-order valence-electron chi connectivity index (χ3n) is 4.36. The maximum absolute atomic E-state index is 11.0. The highest BCUT2D eigenvalue weighted by atomic mass is 31.2. The van der Waals surface area contributed by atoms with Gasteiger partial charge in [0.1, 0.15) is 11.8 Å². The van der Waals surface area contributed by atoms with Crippen LogP contribution in [0.5, 0.6) is 0 Å². The molecule has 9 nitrogen and oxygen atoms in total. The number of aliphatic hydroxyl groups excluding tert-OH is 1. The number of fused-ring (bicyclic) bond motifs is 1. The SMILES string of the molecule is Nc1ncnc2c1ncn2C[C@@]1(CO)C[C@@H]1CCP(=O)(O)O. The fourth-order valence-corrected chi connectivity index (χ4v) is 3.60. The fraction of sp³-hybridized carbons (Fsp3) is 0.583. The molecule has 2 atom stereocenters. The van der Waals surface area contributed by atoms with Gasteiger partial charge in [-0.3, -0.25) is 4.57 Å². The predicted molar refractivity (Wildman–Crippen MR) is 78.9 cm³/mol. The van der Waals surface area contributed by atoms with Crippen LogP contribution in [0.25, 0.3) is 11.2 Å². The summed E-state index contributed by atoms with van der Waals surface area (Å²) in [7, 11) is -4.00. The van der Waals surface area contributed by atoms with Crippen molar-refractivity contribution in [3.63, 3.8) is 0 Å². The number of rotatable bonds is 6. The lowest BCUT2D eigenvalue weighted by atomic mass is 10.0. The fourth-order valence-electron chi connectivity index (χ4n) is 2.96. The molecule has 0 radical (unpaired) electrons. The molecule has 1 saturated carbocycles. The normalized spacial score (nSPS) is 24.8. The Hall–Kier alpha value is -1.54. The van der Waals surface area contributed by atoms with Gasteiger partial charge >= 0.3 is 7.60 Å². The Balaban J connectivity index is 1.76. The van der Waals surface area contributed by atoms with E-state index in [2.05, 4.69) is 15.0 Å². The molecule has 1 aliphatic carbocycles. The van der Waals surface area contributed by atoms with Gasteiger partial charge < -0.3 is 25.2 Å². The molecule has 2 aromatic heterocycles. The number of aliphatic hydroxyl groups is 1. The van der Waals surface area contributed by atoms with Crippen molar-refractivity contribution in [1.82, 2.24) is 19.5 Å². The van der Waals surface area contributed by atoms with E-state index in [0.717, 1.165) is 6.42 Å². The molecule has 0 bridgehead atoms. The number of anilines is 1. The van der Waals surface area contributed by atoms with Crippen LogP contribution in [0.3, 0.4) is 0 Å². The maximum atomic E-state index is 11.0. The van der Waals surface area contributed by atoms with Crippen LogP contribution in [0, 0.1) is 11.3 Å². The van der Waals surface area contributed by atoms with Gasteiger partial charge in [-0.05, 0) is 18.8 Å². The molecule has 0 amide bonds. The van der Waals surface area contributed by atoms with Gasteiger partial charge in [-0.15, -0.1) is 0 Å². The van der Waals surface area contributed by atoms with E-state index < -0.39 is 7.60 Å². The minimum absolute atomic E-state index is 0.0426. The van der Waals surface area contributed by atoms with E-state index in [-0.39, 0.29) is 24.1 Å². The molecule has 0 aromatic carbocycles. The summed E-state index contributed by atoms with van der Waals surface area (Å²) in [6.07, 6.45) is 3.93. The van der Waals surface area contributed by atoms with Crippen LogP contribution < -0.4 is 5.73 Å². The quantitative estimate of drug-likeness (QED) is 0.541. The van der Waals surface area contributed by atoms with Gasteiger partial charge in [-0.1, -0.05) is 0 Å². The summed E-state index contributed by atoms with van der Waals surface area (Å²) in [6.45, 7) is 0.446. The molecule has 2 heterocycles. The summed E-state index contributed by atoms with van der Waals surface area (Å²) in [5.74, 6) is 0.386. The molecular formula is C12H18N5O4P. The Morgan fingerprint density at radius 1 is 1.41 bits per heavy atom. The second-order valence-corrected chi connectivity index (χ2v) is 7.68. The first-order valence-electron chi connectivity index (χ1n) is 6.91. The molecule has 10 heteroatoms. The number of nitrogens with zero attached hydrogens (tertiary/aromatic N) is 4. The van der Waals surface area contributed by atoms with Crippen molar-refractivity contribution < 1.29 is 19.5 Å². The maximum Gasteiger partial charge on any atom is 0.325 e. The minimum Gasteiger partial charge on any atom is -0.396 e. The standard InChI is InChI=1S/C12H18N5O4P/c13-10-9-11(15-6-14-10)17(7-16-9)4-12(5-18)3-8(12)1-2-22(19,20)21/h6-8,18H,1-5H2,(H2,13,14,15)(H2,19,20,21)/t8-,12+/m0/s1. The highest BCUT2D eigenvalue weighted by Gasteiger charge is 2.53. The monoisotopic (exact) mass is 327 g/mol. The van der Waals surface area contributed by atoms with E-state index in [0.29, 0.717) is 29.9 Å². The van der Waals surface area contributed by atoms with Gasteiger partial charge in [0, 0.05) is 12.0 Å². The first kappa shape index (κ1) is 15.4. The second kappa shape index (κ2) is 5.27. The van der Waals surface area contributed by atoms with Gasteiger partial charge in [-0.25, -0.2) is 15.0 Å². The largest absolute Gasteiger partial charge is 0.396 e. The van der Waals surface area contributed by atoms with Crippen LogP contribution in [-0.2, 0) is 11.1 Å². The molecule has 3 rings (SSSR count). The van der Waals surface area contributed by atoms with Crippen LogP contribution >= 0.6 is 7.60 Å². The summed E-state index contributed by atoms with van der Waals surface area (Å²) in [5.41, 5.74) is 6.48. The highest BCUT2D eigenvalue weighted by Crippen LogP contribution is 2.57. The third kappa shape index (κ3) is 2.85. The number of nitrogens with two attached hydrogens (primary N) is 1. The second-order valence-electron chi connectivity index (χ2n) is 5.90. The van der Waals surface area contributed by atoms with Crippen molar-refractivity contribution in [3.05, 3.63) is 12.7 Å². The summed E-state index contributed by atoms with van der Waals surface area (Å²) < 4.78 is 12.8. The van der Waals surface area contributed by atoms with Crippen LogP contribution in [0.4, 0.5) is 5.82 Å². The number of aromatic nitrogens is 4. The van der Waals surface area contributed by atoms with Gasteiger partial charge in [0.15, 0.2) is 11.5 Å². The number of hydrogen-bond acceptors (Lipinski definition) is 6. The van der Waals surface area contributed by atoms with Crippen molar-refractivity contribution in [1.29, 1.82) is 0 Å². The average Bonchev–Trinajstić information content (AvgIpc) is 2.99. The van der Waals surface area contributed by atoms with Crippen molar-refractivity contribution in [2.75, 3.05) is 18.5 Å². The zero-order valence-electron chi connectivity index (χ0n) is 11.8. The van der Waals surface area contributed by atoms with Crippen molar-refractivity contribution in [2.24, 2.45) is 11.3 Å². The van der Waals surface area contributed by atoms with E-state index >= 15 is 0 Å². The van der Waals surface area contributed by atoms with Gasteiger partial charge in [0.25, 0.3) is 0 Å². The van der Waals surface area contributed by atoms with Crippen LogP contribution in [0.1, 0.15) is 12.8 Å². The zero-order chi connectivity index (χ0) is 16.0. The van der Waals surface area contributed by atoms with Gasteiger partial charge in [0.05, 0.1) is 19.1 Å². The van der Waals surface area contributed by atoms with Crippen molar-refractivity contribution in [2.45, 2.75) is 19.4 Å². The minimum atomic E-state index is -4.00. The Kier molecular flexibility index (Phi) is 3.68. The topological polar surface area (TPSA) is 147 Å². The third-order valence-corrected chi connectivity index (χ3v) is 5.20. The molecular weight excluding hydrogens is 309 g/mol. The molecule has 0 spiro atoms. The lowest BCUT2D eigenvalue weighted by Gasteiger charge is -2.16. The molecule has 5 N–H and O–H groups in total. The first-order valence-corrected chi connectivity index (χ1v) is 8.71. The van der Waals surface area contributed by atoms with E-state index in [4.69, 9.17) is 15.5 Å². The Bertz CT molecular complexity index is 744. The lowest BCUT2D eigenvalue weighted by molar-refractivity contribution is 0.180. The smallest absolute Gasteiger partial charge is 0.325 e. The summed E-state index contributed by atoms with van der Waals surface area (Å²) >= 11 is 0. The highest BCUT2D eigenvalue weighted by molar-refractivity contribution is 7.51. The molecule has 120 valence electrons. The van der Waals surface area contributed by atoms with Gasteiger partial charge in [0.2, 0.25) is 0 Å². The first-order chi connectivity index (χ1) is 10.3. The average molecular weight is 327 g/mol. The molecule has 22 heavy (non-hydrogen) atoms. The number of hydrogen-bond donors (Lipinski definition) is 4. The Labute approximate surface area is 126 Å². The Morgan fingerprint density at radius 3 is 2.86 bits per heavy atom. The molecule has 0 unspecified atom stereocenters. The number of nitrogen functional groups attached to an aromatic ring is 1. The summed E-state index contributed by atoms with van der Waals surface area (Å²) in [6, 6.07) is 0. The summed E-state index contributed by atoms with van der Waals surface area (Å²) in [4.78, 5) is 30.2. The van der Waals surface area contributed by atoms with Crippen LogP contribution in [-0.4, -0.2) is 47.2 Å². The lowest BCUT2D eigenvalue weighted by Crippen LogP contribution is -2.18. The number of imidazole rings is 1. The van der Waals surface area contributed by atoms with Crippen LogP contribution in [0.15, 0.2) is 12.7 Å². The van der Waals surface area contributed by atoms with Gasteiger partial charge in [-0.2, -0.15) is 0 Å². The molecule has 1 fully saturated rings.